The number of ether oxygens (including phenoxy) is 4. The molecule has 0 atom stereocenters. The van der Waals surface area contributed by atoms with E-state index in [1.807, 2.05) is 30.3 Å². The zero-order valence-corrected chi connectivity index (χ0v) is 17.1. The van der Waals surface area contributed by atoms with Crippen molar-refractivity contribution in [1.29, 1.82) is 0 Å². The summed E-state index contributed by atoms with van der Waals surface area (Å²) in [5.41, 5.74) is 1.70. The van der Waals surface area contributed by atoms with Crippen LogP contribution in [0.2, 0.25) is 0 Å². The number of nitrogens with zero attached hydrogens (tertiary/aromatic N) is 1. The number of hydrogen-bond donors (Lipinski definition) is 0. The standard InChI is InChI=1S/C23H25NO5/c1-15(2)11-12-28-18-8-6-17(7-9-18)22-24-19(23(25)29-22)13-16-5-10-20(26-3)21(14-16)27-4/h5-10,13-15H,11-12H2,1-4H3/b19-13+. The van der Waals surface area contributed by atoms with Crippen LogP contribution in [0, 0.1) is 5.92 Å². The highest BCUT2D eigenvalue weighted by atomic mass is 16.6. The average Bonchev–Trinajstić information content (AvgIpc) is 3.08. The molecule has 1 aliphatic heterocycles. The van der Waals surface area contributed by atoms with Gasteiger partial charge in [-0.3, -0.25) is 0 Å². The van der Waals surface area contributed by atoms with Gasteiger partial charge >= 0.3 is 5.97 Å². The lowest BCUT2D eigenvalue weighted by Crippen LogP contribution is -2.05. The van der Waals surface area contributed by atoms with E-state index in [9.17, 15) is 4.79 Å². The Morgan fingerprint density at radius 2 is 1.76 bits per heavy atom. The maximum atomic E-state index is 12.2. The molecule has 0 aliphatic carbocycles. The Balaban J connectivity index is 1.75. The van der Waals surface area contributed by atoms with Gasteiger partial charge < -0.3 is 18.9 Å². The van der Waals surface area contributed by atoms with Gasteiger partial charge in [-0.05, 0) is 60.4 Å². The van der Waals surface area contributed by atoms with Crippen LogP contribution < -0.4 is 14.2 Å². The fourth-order valence-electron chi connectivity index (χ4n) is 2.74. The number of cyclic esters (lactones) is 1. The summed E-state index contributed by atoms with van der Waals surface area (Å²) in [6.45, 7) is 4.99. The molecule has 152 valence electrons. The molecule has 1 heterocycles. The third-order valence-corrected chi connectivity index (χ3v) is 4.40. The van der Waals surface area contributed by atoms with Crippen LogP contribution in [-0.2, 0) is 9.53 Å². The summed E-state index contributed by atoms with van der Waals surface area (Å²) in [6.07, 6.45) is 2.65. The molecule has 0 amide bonds. The predicted octanol–water partition coefficient (Wildman–Crippen LogP) is 4.47. The molecule has 2 aromatic rings. The first-order valence-corrected chi connectivity index (χ1v) is 9.48. The normalized spacial score (nSPS) is 14.7. The topological polar surface area (TPSA) is 66.3 Å². The van der Waals surface area contributed by atoms with Crippen molar-refractivity contribution >= 4 is 17.9 Å². The first kappa shape index (κ1) is 20.5. The first-order chi connectivity index (χ1) is 14.0. The number of carbonyl (C=O) groups is 1. The molecule has 0 saturated carbocycles. The van der Waals surface area contributed by atoms with Crippen LogP contribution in [0.25, 0.3) is 6.08 Å². The quantitative estimate of drug-likeness (QED) is 0.487. The van der Waals surface area contributed by atoms with Crippen molar-refractivity contribution in [3.8, 4) is 17.2 Å². The molecule has 0 spiro atoms. The largest absolute Gasteiger partial charge is 0.494 e. The van der Waals surface area contributed by atoms with E-state index < -0.39 is 5.97 Å². The minimum absolute atomic E-state index is 0.226. The van der Waals surface area contributed by atoms with Gasteiger partial charge in [0.1, 0.15) is 5.75 Å². The van der Waals surface area contributed by atoms with E-state index in [-0.39, 0.29) is 11.6 Å². The van der Waals surface area contributed by atoms with E-state index in [1.165, 1.54) is 0 Å². The molecule has 0 aromatic heterocycles. The first-order valence-electron chi connectivity index (χ1n) is 9.48. The summed E-state index contributed by atoms with van der Waals surface area (Å²) in [5, 5.41) is 0. The second kappa shape index (κ2) is 9.28. The number of carbonyl (C=O) groups excluding carboxylic acids is 1. The van der Waals surface area contributed by atoms with Crippen molar-refractivity contribution in [2.75, 3.05) is 20.8 Å². The third-order valence-electron chi connectivity index (χ3n) is 4.40. The molecule has 6 nitrogen and oxygen atoms in total. The molecule has 0 radical (unpaired) electrons. The van der Waals surface area contributed by atoms with Crippen molar-refractivity contribution in [1.82, 2.24) is 0 Å². The van der Waals surface area contributed by atoms with Crippen LogP contribution in [0.4, 0.5) is 0 Å². The molecule has 0 N–H and O–H groups in total. The molecule has 0 bridgehead atoms. The summed E-state index contributed by atoms with van der Waals surface area (Å²) < 4.78 is 21.6. The number of benzene rings is 2. The van der Waals surface area contributed by atoms with Gasteiger partial charge in [0, 0.05) is 5.56 Å². The van der Waals surface area contributed by atoms with E-state index in [0.717, 1.165) is 17.7 Å². The summed E-state index contributed by atoms with van der Waals surface area (Å²) in [6, 6.07) is 12.7. The maximum Gasteiger partial charge on any atom is 0.363 e. The third kappa shape index (κ3) is 5.16. The van der Waals surface area contributed by atoms with Crippen molar-refractivity contribution in [3.63, 3.8) is 0 Å². The lowest BCUT2D eigenvalue weighted by molar-refractivity contribution is -0.129. The predicted molar refractivity (Wildman–Crippen MR) is 112 cm³/mol. The van der Waals surface area contributed by atoms with E-state index >= 15 is 0 Å². The monoisotopic (exact) mass is 395 g/mol. The number of aliphatic imine (C=N–C) groups is 1. The Hall–Kier alpha value is -3.28. The molecule has 0 fully saturated rings. The number of hydrogen-bond acceptors (Lipinski definition) is 6. The number of methoxy groups -OCH3 is 2. The van der Waals surface area contributed by atoms with Gasteiger partial charge in [0.05, 0.1) is 20.8 Å². The Kier molecular flexibility index (Phi) is 6.54. The molecule has 0 saturated heterocycles. The van der Waals surface area contributed by atoms with E-state index in [2.05, 4.69) is 18.8 Å². The Morgan fingerprint density at radius 1 is 1.03 bits per heavy atom. The molecule has 1 aliphatic rings. The minimum Gasteiger partial charge on any atom is -0.494 e. The van der Waals surface area contributed by atoms with Gasteiger partial charge in [0.2, 0.25) is 5.90 Å². The zero-order valence-electron chi connectivity index (χ0n) is 17.1. The summed E-state index contributed by atoms with van der Waals surface area (Å²) in [4.78, 5) is 16.6. The van der Waals surface area contributed by atoms with Crippen molar-refractivity contribution in [3.05, 3.63) is 59.3 Å². The van der Waals surface area contributed by atoms with Crippen molar-refractivity contribution < 1.29 is 23.7 Å². The van der Waals surface area contributed by atoms with Gasteiger partial charge in [-0.2, -0.15) is 0 Å². The van der Waals surface area contributed by atoms with Gasteiger partial charge in [0.15, 0.2) is 17.2 Å². The highest BCUT2D eigenvalue weighted by Gasteiger charge is 2.24. The van der Waals surface area contributed by atoms with Crippen LogP contribution in [0.5, 0.6) is 17.2 Å². The van der Waals surface area contributed by atoms with Crippen LogP contribution >= 0.6 is 0 Å². The van der Waals surface area contributed by atoms with E-state index in [1.54, 1.807) is 32.4 Å². The summed E-state index contributed by atoms with van der Waals surface area (Å²) in [5.74, 6) is 2.34. The lowest BCUT2D eigenvalue weighted by Gasteiger charge is -2.08. The molecular weight excluding hydrogens is 370 g/mol. The fraction of sp³-hybridized carbons (Fsp3) is 0.304. The Morgan fingerprint density at radius 3 is 2.41 bits per heavy atom. The van der Waals surface area contributed by atoms with Crippen LogP contribution in [-0.4, -0.2) is 32.7 Å². The van der Waals surface area contributed by atoms with Crippen LogP contribution in [0.3, 0.4) is 0 Å². The molecule has 29 heavy (non-hydrogen) atoms. The summed E-state index contributed by atoms with van der Waals surface area (Å²) in [7, 11) is 3.13. The van der Waals surface area contributed by atoms with Gasteiger partial charge in [-0.15, -0.1) is 0 Å². The fourth-order valence-corrected chi connectivity index (χ4v) is 2.74. The van der Waals surface area contributed by atoms with Gasteiger partial charge in [-0.1, -0.05) is 19.9 Å². The highest BCUT2D eigenvalue weighted by Crippen LogP contribution is 2.29. The maximum absolute atomic E-state index is 12.2. The highest BCUT2D eigenvalue weighted by molar-refractivity contribution is 6.12. The number of esters is 1. The number of rotatable bonds is 8. The van der Waals surface area contributed by atoms with Crippen LogP contribution in [0.1, 0.15) is 31.4 Å². The Labute approximate surface area is 170 Å². The second-order valence-electron chi connectivity index (χ2n) is 7.01. The van der Waals surface area contributed by atoms with Gasteiger partial charge in [-0.25, -0.2) is 9.79 Å². The smallest absolute Gasteiger partial charge is 0.363 e. The summed E-state index contributed by atoms with van der Waals surface area (Å²) >= 11 is 0. The minimum atomic E-state index is -0.493. The van der Waals surface area contributed by atoms with Crippen LogP contribution in [0.15, 0.2) is 53.2 Å². The molecule has 3 rings (SSSR count). The average molecular weight is 395 g/mol. The molecule has 6 heteroatoms. The molecule has 0 unspecified atom stereocenters. The zero-order chi connectivity index (χ0) is 20.8. The molecular formula is C23H25NO5. The molecule has 2 aromatic carbocycles. The van der Waals surface area contributed by atoms with Crippen molar-refractivity contribution in [2.45, 2.75) is 20.3 Å². The lowest BCUT2D eigenvalue weighted by atomic mass is 10.1. The second-order valence-corrected chi connectivity index (χ2v) is 7.01. The van der Waals surface area contributed by atoms with Gasteiger partial charge in [0.25, 0.3) is 0 Å². The van der Waals surface area contributed by atoms with Crippen molar-refractivity contribution in [2.24, 2.45) is 10.9 Å². The van der Waals surface area contributed by atoms with E-state index in [0.29, 0.717) is 29.6 Å². The SMILES string of the molecule is COc1ccc(/C=C2/N=C(c3ccc(OCCC(C)C)cc3)OC2=O)cc1OC. The Bertz CT molecular complexity index is 929. The van der Waals surface area contributed by atoms with E-state index in [4.69, 9.17) is 18.9 Å².